The van der Waals surface area contributed by atoms with Gasteiger partial charge in [-0.15, -0.1) is 0 Å². The summed E-state index contributed by atoms with van der Waals surface area (Å²) in [6.45, 7) is 2.18. The van der Waals surface area contributed by atoms with Crippen LogP contribution in [0.4, 0.5) is 5.69 Å². The van der Waals surface area contributed by atoms with Crippen molar-refractivity contribution in [2.45, 2.75) is 51.0 Å². The van der Waals surface area contributed by atoms with E-state index in [-0.39, 0.29) is 11.9 Å². The molecule has 2 unspecified atom stereocenters. The number of nitrogen functional groups attached to an aromatic ring is 1. The first-order valence-corrected chi connectivity index (χ1v) is 8.83. The van der Waals surface area contributed by atoms with Gasteiger partial charge in [0.05, 0.1) is 0 Å². The summed E-state index contributed by atoms with van der Waals surface area (Å²) in [4.78, 5) is 12.3. The molecule has 0 aromatic heterocycles. The van der Waals surface area contributed by atoms with E-state index in [0.29, 0.717) is 12.3 Å². The van der Waals surface area contributed by atoms with E-state index >= 15 is 0 Å². The van der Waals surface area contributed by atoms with Crippen molar-refractivity contribution < 1.29 is 4.79 Å². The number of carbonyl (C=O) groups is 1. The Balaban J connectivity index is 1.48. The van der Waals surface area contributed by atoms with Crippen molar-refractivity contribution in [2.24, 2.45) is 0 Å². The molecule has 1 amide bonds. The number of carbonyl (C=O) groups excluding carboxylic acids is 1. The first-order chi connectivity index (χ1) is 11.6. The molecule has 0 bridgehead atoms. The van der Waals surface area contributed by atoms with E-state index < -0.39 is 0 Å². The molecule has 3 nitrogen and oxygen atoms in total. The Morgan fingerprint density at radius 1 is 1.21 bits per heavy atom. The fourth-order valence-corrected chi connectivity index (χ4v) is 3.49. The Kier molecular flexibility index (Phi) is 5.19. The minimum absolute atomic E-state index is 0.168. The van der Waals surface area contributed by atoms with Crippen LogP contribution in [0.2, 0.25) is 0 Å². The van der Waals surface area contributed by atoms with Gasteiger partial charge in [-0.3, -0.25) is 4.79 Å². The Morgan fingerprint density at radius 2 is 2.00 bits per heavy atom. The number of aryl methyl sites for hydroxylation is 1. The smallest absolute Gasteiger partial charge is 0.220 e. The number of rotatable bonds is 5. The molecule has 3 rings (SSSR count). The monoisotopic (exact) mass is 322 g/mol. The number of hydrogen-bond acceptors (Lipinski definition) is 2. The molecule has 0 saturated carbocycles. The fraction of sp³-hybridized carbons (Fsp3) is 0.381. The van der Waals surface area contributed by atoms with Crippen LogP contribution in [-0.2, 0) is 17.6 Å². The SMILES string of the molecule is CC(CCC(=O)NC1CCc2cc(N)ccc2C1)c1ccccc1. The van der Waals surface area contributed by atoms with Crippen LogP contribution < -0.4 is 11.1 Å². The fourth-order valence-electron chi connectivity index (χ4n) is 3.49. The van der Waals surface area contributed by atoms with Crippen molar-refractivity contribution in [1.82, 2.24) is 5.32 Å². The lowest BCUT2D eigenvalue weighted by Crippen LogP contribution is -2.38. The van der Waals surface area contributed by atoms with Crippen LogP contribution in [0.25, 0.3) is 0 Å². The summed E-state index contributed by atoms with van der Waals surface area (Å²) >= 11 is 0. The van der Waals surface area contributed by atoms with Gasteiger partial charge in [0.15, 0.2) is 0 Å². The van der Waals surface area contributed by atoms with Gasteiger partial charge < -0.3 is 11.1 Å². The maximum Gasteiger partial charge on any atom is 0.220 e. The number of hydrogen-bond donors (Lipinski definition) is 2. The van der Waals surface area contributed by atoms with Gasteiger partial charge in [0.25, 0.3) is 0 Å². The van der Waals surface area contributed by atoms with E-state index in [0.717, 1.165) is 31.4 Å². The lowest BCUT2D eigenvalue weighted by molar-refractivity contribution is -0.122. The van der Waals surface area contributed by atoms with Crippen LogP contribution in [0.3, 0.4) is 0 Å². The highest BCUT2D eigenvalue weighted by Crippen LogP contribution is 2.24. The average molecular weight is 322 g/mol. The minimum Gasteiger partial charge on any atom is -0.399 e. The third kappa shape index (κ3) is 4.16. The van der Waals surface area contributed by atoms with Gasteiger partial charge in [-0.2, -0.15) is 0 Å². The van der Waals surface area contributed by atoms with Gasteiger partial charge in [0.1, 0.15) is 0 Å². The number of benzene rings is 2. The molecular weight excluding hydrogens is 296 g/mol. The zero-order valence-electron chi connectivity index (χ0n) is 14.3. The van der Waals surface area contributed by atoms with E-state index in [4.69, 9.17) is 5.73 Å². The van der Waals surface area contributed by atoms with Crippen LogP contribution in [0, 0.1) is 0 Å². The molecule has 0 fully saturated rings. The second-order valence-electron chi connectivity index (χ2n) is 6.89. The van der Waals surface area contributed by atoms with Crippen LogP contribution >= 0.6 is 0 Å². The Morgan fingerprint density at radius 3 is 2.79 bits per heavy atom. The van der Waals surface area contributed by atoms with E-state index in [1.165, 1.54) is 16.7 Å². The standard InChI is InChI=1S/C21H26N2O/c1-15(16-5-3-2-4-6-16)7-12-21(24)23-20-11-9-17-13-19(22)10-8-18(17)14-20/h2-6,8,10,13,15,20H,7,9,11-12,14,22H2,1H3,(H,23,24). The van der Waals surface area contributed by atoms with Crippen molar-refractivity contribution >= 4 is 11.6 Å². The number of fused-ring (bicyclic) bond motifs is 1. The van der Waals surface area contributed by atoms with Crippen molar-refractivity contribution in [3.8, 4) is 0 Å². The zero-order chi connectivity index (χ0) is 16.9. The molecule has 2 atom stereocenters. The third-order valence-electron chi connectivity index (χ3n) is 5.00. The van der Waals surface area contributed by atoms with Crippen molar-refractivity contribution in [3.05, 3.63) is 65.2 Å². The van der Waals surface area contributed by atoms with Crippen molar-refractivity contribution in [3.63, 3.8) is 0 Å². The molecular formula is C21H26N2O. The molecule has 0 radical (unpaired) electrons. The number of nitrogens with one attached hydrogen (secondary N) is 1. The second-order valence-corrected chi connectivity index (χ2v) is 6.89. The molecule has 2 aromatic carbocycles. The normalized spacial score (nSPS) is 17.8. The maximum atomic E-state index is 12.3. The molecule has 126 valence electrons. The highest BCUT2D eigenvalue weighted by Gasteiger charge is 2.20. The minimum atomic E-state index is 0.168. The molecule has 0 saturated heterocycles. The average Bonchev–Trinajstić information content (AvgIpc) is 2.60. The molecule has 0 heterocycles. The predicted molar refractivity (Wildman–Crippen MR) is 98.9 cm³/mol. The third-order valence-corrected chi connectivity index (χ3v) is 5.00. The molecule has 0 aliphatic heterocycles. The van der Waals surface area contributed by atoms with Crippen molar-refractivity contribution in [2.75, 3.05) is 5.73 Å². The highest BCUT2D eigenvalue weighted by atomic mass is 16.1. The molecule has 2 aromatic rings. The van der Waals surface area contributed by atoms with E-state index in [2.05, 4.69) is 48.6 Å². The number of amides is 1. The number of anilines is 1. The summed E-state index contributed by atoms with van der Waals surface area (Å²) in [5, 5.41) is 3.21. The molecule has 0 spiro atoms. The van der Waals surface area contributed by atoms with Gasteiger partial charge in [0, 0.05) is 18.2 Å². The molecule has 1 aliphatic rings. The molecule has 3 N–H and O–H groups in total. The number of nitrogens with two attached hydrogens (primary N) is 1. The quantitative estimate of drug-likeness (QED) is 0.822. The summed E-state index contributed by atoms with van der Waals surface area (Å²) in [5.41, 5.74) is 10.6. The predicted octanol–water partition coefficient (Wildman–Crippen LogP) is 3.83. The lowest BCUT2D eigenvalue weighted by atomic mass is 9.88. The zero-order valence-corrected chi connectivity index (χ0v) is 14.3. The molecule has 1 aliphatic carbocycles. The largest absolute Gasteiger partial charge is 0.399 e. The Bertz CT molecular complexity index is 696. The lowest BCUT2D eigenvalue weighted by Gasteiger charge is -2.26. The van der Waals surface area contributed by atoms with Crippen LogP contribution in [0.1, 0.15) is 48.8 Å². The van der Waals surface area contributed by atoms with Crippen molar-refractivity contribution in [1.29, 1.82) is 0 Å². The van der Waals surface area contributed by atoms with Crippen LogP contribution in [-0.4, -0.2) is 11.9 Å². The van der Waals surface area contributed by atoms with Crippen LogP contribution in [0.15, 0.2) is 48.5 Å². The Hall–Kier alpha value is -2.29. The second kappa shape index (κ2) is 7.52. The first kappa shape index (κ1) is 16.6. The van der Waals surface area contributed by atoms with E-state index in [1.807, 2.05) is 12.1 Å². The van der Waals surface area contributed by atoms with Gasteiger partial charge in [-0.1, -0.05) is 43.3 Å². The van der Waals surface area contributed by atoms with Gasteiger partial charge in [0.2, 0.25) is 5.91 Å². The summed E-state index contributed by atoms with van der Waals surface area (Å²) in [6.07, 6.45) is 4.37. The highest BCUT2D eigenvalue weighted by molar-refractivity contribution is 5.76. The van der Waals surface area contributed by atoms with E-state index in [1.54, 1.807) is 0 Å². The molecule has 3 heteroatoms. The Labute approximate surface area is 144 Å². The van der Waals surface area contributed by atoms with Gasteiger partial charge in [-0.25, -0.2) is 0 Å². The summed E-state index contributed by atoms with van der Waals surface area (Å²) < 4.78 is 0. The summed E-state index contributed by atoms with van der Waals surface area (Å²) in [5.74, 6) is 0.577. The van der Waals surface area contributed by atoms with Gasteiger partial charge in [-0.05, 0) is 60.4 Å². The topological polar surface area (TPSA) is 55.1 Å². The summed E-state index contributed by atoms with van der Waals surface area (Å²) in [6, 6.07) is 16.8. The van der Waals surface area contributed by atoms with Crippen LogP contribution in [0.5, 0.6) is 0 Å². The van der Waals surface area contributed by atoms with Gasteiger partial charge >= 0.3 is 0 Å². The first-order valence-electron chi connectivity index (χ1n) is 8.83. The van der Waals surface area contributed by atoms with E-state index in [9.17, 15) is 4.79 Å². The summed E-state index contributed by atoms with van der Waals surface area (Å²) in [7, 11) is 0. The maximum absolute atomic E-state index is 12.3. The molecule has 24 heavy (non-hydrogen) atoms.